The molecule has 0 radical (unpaired) electrons. The molecule has 0 saturated carbocycles. The average molecular weight is 371 g/mol. The van der Waals surface area contributed by atoms with Crippen molar-refractivity contribution in [3.8, 4) is 11.1 Å². The number of pyridine rings is 1. The zero-order valence-electron chi connectivity index (χ0n) is 15.8. The Hall–Kier alpha value is -3.67. The fourth-order valence-electron chi connectivity index (χ4n) is 3.22. The van der Waals surface area contributed by atoms with E-state index in [1.54, 1.807) is 0 Å². The number of urea groups is 1. The van der Waals surface area contributed by atoms with Gasteiger partial charge in [0.05, 0.1) is 17.9 Å². The molecule has 2 amide bonds. The Morgan fingerprint density at radius 1 is 1.00 bits per heavy atom. The minimum absolute atomic E-state index is 0.272. The summed E-state index contributed by atoms with van der Waals surface area (Å²) in [7, 11) is 0. The van der Waals surface area contributed by atoms with Gasteiger partial charge < -0.3 is 10.6 Å². The van der Waals surface area contributed by atoms with E-state index < -0.39 is 0 Å². The summed E-state index contributed by atoms with van der Waals surface area (Å²) in [6.45, 7) is 4.84. The summed E-state index contributed by atoms with van der Waals surface area (Å²) >= 11 is 0. The number of hydrogen-bond donors (Lipinski definition) is 2. The predicted molar refractivity (Wildman–Crippen MR) is 112 cm³/mol. The van der Waals surface area contributed by atoms with E-state index in [2.05, 4.69) is 27.6 Å². The van der Waals surface area contributed by atoms with Gasteiger partial charge in [0.1, 0.15) is 0 Å². The summed E-state index contributed by atoms with van der Waals surface area (Å²) in [6.07, 6.45) is 5.55. The van der Waals surface area contributed by atoms with Crippen LogP contribution >= 0.6 is 0 Å². The highest BCUT2D eigenvalue weighted by Crippen LogP contribution is 2.28. The molecule has 0 bridgehead atoms. The van der Waals surface area contributed by atoms with Crippen LogP contribution in [0.5, 0.6) is 0 Å². The summed E-state index contributed by atoms with van der Waals surface area (Å²) in [6, 6.07) is 15.1. The van der Waals surface area contributed by atoms with Crippen molar-refractivity contribution in [2.24, 2.45) is 0 Å². The molecule has 0 spiro atoms. The van der Waals surface area contributed by atoms with E-state index in [1.807, 2.05) is 78.7 Å². The molecule has 0 aliphatic carbocycles. The smallest absolute Gasteiger partial charge is 0.308 e. The van der Waals surface area contributed by atoms with Crippen molar-refractivity contribution in [2.45, 2.75) is 20.4 Å². The molecule has 6 heteroatoms. The van der Waals surface area contributed by atoms with Gasteiger partial charge in [-0.3, -0.25) is 9.67 Å². The molecular weight excluding hydrogens is 350 g/mol. The average Bonchev–Trinajstić information content (AvgIpc) is 3.12. The summed E-state index contributed by atoms with van der Waals surface area (Å²) in [5.41, 5.74) is 5.64. The number of nitrogens with zero attached hydrogens (tertiary/aromatic N) is 3. The first-order valence-corrected chi connectivity index (χ1v) is 9.18. The zero-order valence-corrected chi connectivity index (χ0v) is 15.8. The molecule has 6 nitrogen and oxygen atoms in total. The normalized spacial score (nSPS) is 10.8. The van der Waals surface area contributed by atoms with Crippen molar-refractivity contribution in [3.63, 3.8) is 0 Å². The lowest BCUT2D eigenvalue weighted by Crippen LogP contribution is -2.19. The number of hydrogen-bond acceptors (Lipinski definition) is 3. The van der Waals surface area contributed by atoms with Gasteiger partial charge in [0.15, 0.2) is 0 Å². The molecule has 0 aliphatic rings. The maximum absolute atomic E-state index is 12.2. The molecule has 0 saturated heterocycles. The standard InChI is InChI=1S/C22H21N5O/c1-3-27-21-14-23-12-19(20(21)13-24-27)16-7-9-17(10-8-16)25-22(28)26-18-6-4-5-15(2)11-18/h4-14H,3H2,1-2H3,(H2,25,26,28). The van der Waals surface area contributed by atoms with Gasteiger partial charge in [0, 0.05) is 35.1 Å². The highest BCUT2D eigenvalue weighted by Gasteiger charge is 2.09. The SMILES string of the molecule is CCn1ncc2c(-c3ccc(NC(=O)Nc4cccc(C)c4)cc3)cncc21. The number of rotatable bonds is 4. The van der Waals surface area contributed by atoms with E-state index in [-0.39, 0.29) is 6.03 Å². The fraction of sp³-hybridized carbons (Fsp3) is 0.136. The molecule has 2 aromatic carbocycles. The number of carbonyl (C=O) groups excluding carboxylic acids is 1. The van der Waals surface area contributed by atoms with Crippen molar-refractivity contribution in [1.82, 2.24) is 14.8 Å². The quantitative estimate of drug-likeness (QED) is 0.526. The van der Waals surface area contributed by atoms with Gasteiger partial charge in [0.2, 0.25) is 0 Å². The van der Waals surface area contributed by atoms with Crippen molar-refractivity contribution >= 4 is 28.3 Å². The number of aryl methyl sites for hydroxylation is 2. The third kappa shape index (κ3) is 3.57. The van der Waals surface area contributed by atoms with E-state index >= 15 is 0 Å². The third-order valence-electron chi connectivity index (χ3n) is 4.60. The predicted octanol–water partition coefficient (Wildman–Crippen LogP) is 5.07. The van der Waals surface area contributed by atoms with E-state index in [0.29, 0.717) is 0 Å². The Morgan fingerprint density at radius 3 is 2.54 bits per heavy atom. The molecule has 0 atom stereocenters. The van der Waals surface area contributed by atoms with Gasteiger partial charge in [0.25, 0.3) is 0 Å². The van der Waals surface area contributed by atoms with Crippen LogP contribution in [0, 0.1) is 6.92 Å². The lowest BCUT2D eigenvalue weighted by molar-refractivity contribution is 0.262. The second-order valence-electron chi connectivity index (χ2n) is 6.61. The van der Waals surface area contributed by atoms with Crippen molar-refractivity contribution in [3.05, 3.63) is 72.7 Å². The van der Waals surface area contributed by atoms with Gasteiger partial charge in [-0.05, 0) is 49.2 Å². The molecule has 140 valence electrons. The van der Waals surface area contributed by atoms with Crippen molar-refractivity contribution < 1.29 is 4.79 Å². The Labute approximate surface area is 163 Å². The number of anilines is 2. The lowest BCUT2D eigenvalue weighted by Gasteiger charge is -2.09. The third-order valence-corrected chi connectivity index (χ3v) is 4.60. The maximum Gasteiger partial charge on any atom is 0.323 e. The fourth-order valence-corrected chi connectivity index (χ4v) is 3.22. The highest BCUT2D eigenvalue weighted by atomic mass is 16.2. The van der Waals surface area contributed by atoms with Crippen LogP contribution in [0.1, 0.15) is 12.5 Å². The number of nitrogens with one attached hydrogen (secondary N) is 2. The maximum atomic E-state index is 12.2. The van der Waals surface area contributed by atoms with Crippen LogP contribution in [0.15, 0.2) is 67.1 Å². The van der Waals surface area contributed by atoms with Crippen LogP contribution in [0.4, 0.5) is 16.2 Å². The van der Waals surface area contributed by atoms with E-state index in [4.69, 9.17) is 0 Å². The number of carbonyl (C=O) groups is 1. The lowest BCUT2D eigenvalue weighted by atomic mass is 10.0. The molecule has 2 N–H and O–H groups in total. The molecule has 4 rings (SSSR count). The minimum Gasteiger partial charge on any atom is -0.308 e. The van der Waals surface area contributed by atoms with Crippen LogP contribution in [0.25, 0.3) is 22.0 Å². The molecule has 2 aromatic heterocycles. The Bertz CT molecular complexity index is 1130. The van der Waals surface area contributed by atoms with E-state index in [9.17, 15) is 4.79 Å². The van der Waals surface area contributed by atoms with Crippen molar-refractivity contribution in [2.75, 3.05) is 10.6 Å². The van der Waals surface area contributed by atoms with E-state index in [1.165, 1.54) is 0 Å². The van der Waals surface area contributed by atoms with Gasteiger partial charge >= 0.3 is 6.03 Å². The summed E-state index contributed by atoms with van der Waals surface area (Å²) in [4.78, 5) is 16.6. The van der Waals surface area contributed by atoms with Crippen molar-refractivity contribution in [1.29, 1.82) is 0 Å². The van der Waals surface area contributed by atoms with E-state index in [0.717, 1.165) is 45.5 Å². The highest BCUT2D eigenvalue weighted by molar-refractivity contribution is 6.00. The molecule has 4 aromatic rings. The first-order chi connectivity index (χ1) is 13.6. The largest absolute Gasteiger partial charge is 0.323 e. The van der Waals surface area contributed by atoms with Gasteiger partial charge in [-0.15, -0.1) is 0 Å². The van der Waals surface area contributed by atoms with Crippen LogP contribution in [0.2, 0.25) is 0 Å². The first kappa shape index (κ1) is 17.7. The zero-order chi connectivity index (χ0) is 19.5. The van der Waals surface area contributed by atoms with Gasteiger partial charge in [-0.25, -0.2) is 4.79 Å². The molecule has 0 fully saturated rings. The second-order valence-corrected chi connectivity index (χ2v) is 6.61. The monoisotopic (exact) mass is 371 g/mol. The second kappa shape index (κ2) is 7.52. The Kier molecular flexibility index (Phi) is 4.76. The molecule has 2 heterocycles. The molecule has 0 unspecified atom stereocenters. The summed E-state index contributed by atoms with van der Waals surface area (Å²) in [5.74, 6) is 0. The summed E-state index contributed by atoms with van der Waals surface area (Å²) in [5, 5.41) is 11.2. The van der Waals surface area contributed by atoms with Gasteiger partial charge in [-0.2, -0.15) is 5.10 Å². The van der Waals surface area contributed by atoms with Crippen LogP contribution in [-0.4, -0.2) is 20.8 Å². The topological polar surface area (TPSA) is 71.8 Å². The molecular formula is C22H21N5O. The van der Waals surface area contributed by atoms with Crippen LogP contribution in [-0.2, 0) is 6.54 Å². The number of fused-ring (bicyclic) bond motifs is 1. The molecule has 0 aliphatic heterocycles. The Morgan fingerprint density at radius 2 is 1.79 bits per heavy atom. The first-order valence-electron chi connectivity index (χ1n) is 9.18. The number of benzene rings is 2. The number of amides is 2. The van der Waals surface area contributed by atoms with Crippen LogP contribution in [0.3, 0.4) is 0 Å². The van der Waals surface area contributed by atoms with Gasteiger partial charge in [-0.1, -0.05) is 24.3 Å². The Balaban J connectivity index is 1.51. The molecule has 28 heavy (non-hydrogen) atoms. The number of aromatic nitrogens is 3. The minimum atomic E-state index is -0.272. The summed E-state index contributed by atoms with van der Waals surface area (Å²) < 4.78 is 1.93. The van der Waals surface area contributed by atoms with Crippen LogP contribution < -0.4 is 10.6 Å².